The predicted molar refractivity (Wildman–Crippen MR) is 36.4 cm³/mol. The first-order valence-corrected chi connectivity index (χ1v) is 5.20. The van der Waals surface area contributed by atoms with Crippen molar-refractivity contribution >= 4 is 15.8 Å². The number of carbonyl (C=O) groups excluding carboxylic acids is 1. The van der Waals surface area contributed by atoms with E-state index in [1.54, 1.807) is 0 Å². The summed E-state index contributed by atoms with van der Waals surface area (Å²) in [5.74, 6) is -1.45. The molecule has 1 fully saturated rings. The summed E-state index contributed by atoms with van der Waals surface area (Å²) in [4.78, 5) is 10.5. The molecule has 0 aromatic rings. The molecule has 0 aromatic heterocycles. The van der Waals surface area contributed by atoms with Crippen molar-refractivity contribution in [3.05, 3.63) is 0 Å². The summed E-state index contributed by atoms with van der Waals surface area (Å²) >= 11 is 0. The van der Waals surface area contributed by atoms with Gasteiger partial charge in [0.05, 0.1) is 5.97 Å². The Morgan fingerprint density at radius 1 is 1.42 bits per heavy atom. The quantitative estimate of drug-likeness (QED) is 0.407. The van der Waals surface area contributed by atoms with E-state index in [9.17, 15) is 18.3 Å². The van der Waals surface area contributed by atoms with Crippen molar-refractivity contribution in [3.63, 3.8) is 0 Å². The van der Waals surface area contributed by atoms with Crippen LogP contribution in [0.3, 0.4) is 0 Å². The second-order valence-corrected chi connectivity index (χ2v) is 5.23. The maximum atomic E-state index is 11.0. The standard InChI is InChI=1S/C6H10O4S.Li/c1-11(9,10)6(5(7)8)3-2-4-6;/h2-4H2,1H3,(H,7,8);/q;+1/p-1. The van der Waals surface area contributed by atoms with Crippen LogP contribution in [0, 0.1) is 0 Å². The molecule has 0 spiro atoms. The Balaban J connectivity index is 0.00000121. The summed E-state index contributed by atoms with van der Waals surface area (Å²) in [6, 6.07) is 0. The molecule has 1 aliphatic carbocycles. The van der Waals surface area contributed by atoms with E-state index in [4.69, 9.17) is 0 Å². The van der Waals surface area contributed by atoms with E-state index in [0.717, 1.165) is 6.26 Å². The maximum absolute atomic E-state index is 11.0. The van der Waals surface area contributed by atoms with E-state index in [1.165, 1.54) is 0 Å². The minimum atomic E-state index is -3.49. The smallest absolute Gasteiger partial charge is 0.548 e. The molecule has 6 heteroatoms. The van der Waals surface area contributed by atoms with Crippen LogP contribution < -0.4 is 24.0 Å². The van der Waals surface area contributed by atoms with Crippen molar-refractivity contribution in [2.45, 2.75) is 24.0 Å². The van der Waals surface area contributed by atoms with Gasteiger partial charge >= 0.3 is 18.9 Å². The average molecular weight is 184 g/mol. The van der Waals surface area contributed by atoms with E-state index in [0.29, 0.717) is 6.42 Å². The maximum Gasteiger partial charge on any atom is 1.00 e. The van der Waals surface area contributed by atoms with Gasteiger partial charge in [-0.15, -0.1) is 0 Å². The van der Waals surface area contributed by atoms with Gasteiger partial charge in [0.25, 0.3) is 0 Å². The van der Waals surface area contributed by atoms with Crippen molar-refractivity contribution in [3.8, 4) is 0 Å². The van der Waals surface area contributed by atoms with Gasteiger partial charge in [0.1, 0.15) is 4.75 Å². The van der Waals surface area contributed by atoms with Crippen LogP contribution in [0.1, 0.15) is 19.3 Å². The van der Waals surface area contributed by atoms with Crippen LogP contribution in [0.2, 0.25) is 0 Å². The topological polar surface area (TPSA) is 74.3 Å². The Hall–Kier alpha value is 0.0174. The Morgan fingerprint density at radius 3 is 1.83 bits per heavy atom. The average Bonchev–Trinajstić information content (AvgIpc) is 1.52. The number of rotatable bonds is 2. The molecule has 0 aliphatic heterocycles. The van der Waals surface area contributed by atoms with E-state index in [1.807, 2.05) is 0 Å². The molecule has 0 saturated heterocycles. The van der Waals surface area contributed by atoms with Crippen molar-refractivity contribution in [1.29, 1.82) is 0 Å². The van der Waals surface area contributed by atoms with Crippen LogP contribution in [0.25, 0.3) is 0 Å². The molecule has 4 nitrogen and oxygen atoms in total. The Morgan fingerprint density at radius 2 is 1.83 bits per heavy atom. The second kappa shape index (κ2) is 3.41. The molecule has 0 amide bonds. The molecule has 12 heavy (non-hydrogen) atoms. The van der Waals surface area contributed by atoms with Crippen molar-refractivity contribution in [1.82, 2.24) is 0 Å². The molecule has 64 valence electrons. The van der Waals surface area contributed by atoms with Crippen LogP contribution in [0.15, 0.2) is 0 Å². The molecule has 0 atom stereocenters. The zero-order valence-corrected chi connectivity index (χ0v) is 7.98. The van der Waals surface area contributed by atoms with Gasteiger partial charge in [-0.2, -0.15) is 0 Å². The SMILES string of the molecule is CS(=O)(=O)C1(C(=O)[O-])CCC1.[Li+]. The minimum absolute atomic E-state index is 0. The number of carboxylic acids is 1. The number of hydrogen-bond donors (Lipinski definition) is 0. The normalized spacial score (nSPS) is 20.4. The first-order chi connectivity index (χ1) is 4.90. The first kappa shape index (κ1) is 12.0. The monoisotopic (exact) mass is 184 g/mol. The second-order valence-electron chi connectivity index (χ2n) is 2.91. The van der Waals surface area contributed by atoms with E-state index < -0.39 is 20.6 Å². The number of hydrogen-bond acceptors (Lipinski definition) is 4. The fraction of sp³-hybridized carbons (Fsp3) is 0.833. The third-order valence-electron chi connectivity index (χ3n) is 2.24. The van der Waals surface area contributed by atoms with Crippen molar-refractivity contribution in [2.75, 3.05) is 6.26 Å². The van der Waals surface area contributed by atoms with E-state index >= 15 is 0 Å². The fourth-order valence-corrected chi connectivity index (χ4v) is 2.56. The summed E-state index contributed by atoms with van der Waals surface area (Å²) in [6.07, 6.45) is 2.01. The Bertz CT molecular complexity index is 278. The third-order valence-corrected chi connectivity index (χ3v) is 4.24. The number of carboxylic acid groups (broad SMARTS) is 1. The largest absolute Gasteiger partial charge is 1.00 e. The van der Waals surface area contributed by atoms with E-state index in [-0.39, 0.29) is 31.7 Å². The number of sulfone groups is 1. The summed E-state index contributed by atoms with van der Waals surface area (Å²) < 4.78 is 20.3. The summed E-state index contributed by atoms with van der Waals surface area (Å²) in [5, 5.41) is 10.5. The summed E-state index contributed by atoms with van der Waals surface area (Å²) in [7, 11) is -3.49. The molecule has 0 bridgehead atoms. The zero-order chi connectivity index (χ0) is 8.70. The van der Waals surface area contributed by atoms with Crippen LogP contribution in [0.5, 0.6) is 0 Å². The van der Waals surface area contributed by atoms with Crippen LogP contribution in [0.4, 0.5) is 0 Å². The Kier molecular flexibility index (Phi) is 3.41. The van der Waals surface area contributed by atoms with E-state index in [2.05, 4.69) is 0 Å². The van der Waals surface area contributed by atoms with Gasteiger partial charge in [-0.1, -0.05) is 0 Å². The number of aliphatic carboxylic acids is 1. The minimum Gasteiger partial charge on any atom is -0.548 e. The molecular formula is C6H9LiO4S. The Labute approximate surface area is 83.4 Å². The summed E-state index contributed by atoms with van der Waals surface area (Å²) in [5.41, 5.74) is 0. The molecule has 0 unspecified atom stereocenters. The first-order valence-electron chi connectivity index (χ1n) is 3.31. The molecule has 1 aliphatic rings. The fourth-order valence-electron chi connectivity index (χ4n) is 1.22. The molecule has 0 heterocycles. The van der Waals surface area contributed by atoms with Crippen molar-refractivity contribution < 1.29 is 37.2 Å². The molecular weight excluding hydrogens is 175 g/mol. The van der Waals surface area contributed by atoms with Crippen molar-refractivity contribution in [2.24, 2.45) is 0 Å². The van der Waals surface area contributed by atoms with Crippen LogP contribution in [-0.4, -0.2) is 25.4 Å². The number of carbonyl (C=O) groups is 1. The van der Waals surface area contributed by atoms with Gasteiger partial charge in [0.2, 0.25) is 0 Å². The molecule has 0 radical (unpaired) electrons. The molecule has 1 saturated carbocycles. The van der Waals surface area contributed by atoms with Gasteiger partial charge in [-0.3, -0.25) is 0 Å². The van der Waals surface area contributed by atoms with Crippen LogP contribution in [-0.2, 0) is 14.6 Å². The van der Waals surface area contributed by atoms with Gasteiger partial charge < -0.3 is 9.90 Å². The zero-order valence-electron chi connectivity index (χ0n) is 7.16. The van der Waals surface area contributed by atoms with Gasteiger partial charge in [-0.25, -0.2) is 8.42 Å². The van der Waals surface area contributed by atoms with Crippen LogP contribution >= 0.6 is 0 Å². The predicted octanol–water partition coefficient (Wildman–Crippen LogP) is -4.29. The van der Waals surface area contributed by atoms with Gasteiger partial charge in [0.15, 0.2) is 9.84 Å². The third kappa shape index (κ3) is 1.54. The molecule has 0 aromatic carbocycles. The molecule has 0 N–H and O–H groups in total. The summed E-state index contributed by atoms with van der Waals surface area (Å²) in [6.45, 7) is 0. The van der Waals surface area contributed by atoms with Gasteiger partial charge in [0, 0.05) is 6.26 Å². The molecule has 1 rings (SSSR count). The van der Waals surface area contributed by atoms with Gasteiger partial charge in [-0.05, 0) is 19.3 Å².